The molecule has 2 amide bonds. The highest BCUT2D eigenvalue weighted by atomic mass is 32.1. The summed E-state index contributed by atoms with van der Waals surface area (Å²) in [6, 6.07) is 12.1. The monoisotopic (exact) mass is 330 g/mol. The van der Waals surface area contributed by atoms with Gasteiger partial charge in [0.1, 0.15) is 5.69 Å². The Labute approximate surface area is 135 Å². The fourth-order valence-corrected chi connectivity index (χ4v) is 2.22. The van der Waals surface area contributed by atoms with E-state index in [0.717, 1.165) is 4.31 Å². The lowest BCUT2D eigenvalue weighted by Gasteiger charge is -2.13. The van der Waals surface area contributed by atoms with Crippen LogP contribution in [0.15, 0.2) is 53.1 Å². The highest BCUT2D eigenvalue weighted by Gasteiger charge is 2.22. The number of carbonyl (C=O) groups excluding carboxylic acids is 1. The fraction of sp³-hybridized carbons (Fsp3) is 0. The SMILES string of the molecule is O=C(Nc1ccccc1[N+](=O)[O-])N(S)c1noc2ccccc12. The topological polar surface area (TPSA) is 102 Å². The molecule has 23 heavy (non-hydrogen) atoms. The van der Waals surface area contributed by atoms with E-state index in [1.165, 1.54) is 18.2 Å². The Hall–Kier alpha value is -3.07. The zero-order valence-corrected chi connectivity index (χ0v) is 12.4. The quantitative estimate of drug-likeness (QED) is 0.434. The molecule has 0 aliphatic heterocycles. The fourth-order valence-electron chi connectivity index (χ4n) is 2.03. The lowest BCUT2D eigenvalue weighted by atomic mass is 10.2. The number of rotatable bonds is 3. The third kappa shape index (κ3) is 2.81. The number of hydrogen-bond acceptors (Lipinski definition) is 6. The number of carbonyl (C=O) groups is 1. The molecular formula is C14H10N4O4S. The number of para-hydroxylation sites is 3. The number of hydrogen-bond donors (Lipinski definition) is 2. The number of anilines is 2. The minimum atomic E-state index is -0.693. The average molecular weight is 330 g/mol. The van der Waals surface area contributed by atoms with Gasteiger partial charge in [-0.3, -0.25) is 10.1 Å². The molecule has 1 N–H and O–H groups in total. The smallest absolute Gasteiger partial charge is 0.337 e. The highest BCUT2D eigenvalue weighted by Crippen LogP contribution is 2.29. The van der Waals surface area contributed by atoms with E-state index in [-0.39, 0.29) is 17.2 Å². The van der Waals surface area contributed by atoms with Crippen molar-refractivity contribution in [3.8, 4) is 0 Å². The predicted octanol–water partition coefficient (Wildman–Crippen LogP) is 3.62. The van der Waals surface area contributed by atoms with E-state index < -0.39 is 11.0 Å². The van der Waals surface area contributed by atoms with Crippen LogP contribution >= 0.6 is 12.8 Å². The van der Waals surface area contributed by atoms with Crippen molar-refractivity contribution in [3.05, 3.63) is 58.6 Å². The maximum Gasteiger partial charge on any atom is 0.337 e. The Morgan fingerprint density at radius 3 is 2.70 bits per heavy atom. The van der Waals surface area contributed by atoms with E-state index in [9.17, 15) is 14.9 Å². The first-order valence-electron chi connectivity index (χ1n) is 6.46. The second kappa shape index (κ2) is 5.97. The Morgan fingerprint density at radius 1 is 1.22 bits per heavy atom. The van der Waals surface area contributed by atoms with Crippen molar-refractivity contribution >= 4 is 47.0 Å². The van der Waals surface area contributed by atoms with Gasteiger partial charge in [-0.15, -0.1) is 0 Å². The molecule has 116 valence electrons. The van der Waals surface area contributed by atoms with Crippen molar-refractivity contribution in [2.45, 2.75) is 0 Å². The first-order chi connectivity index (χ1) is 11.1. The van der Waals surface area contributed by atoms with Crippen LogP contribution in [0.4, 0.5) is 22.0 Å². The van der Waals surface area contributed by atoms with E-state index in [0.29, 0.717) is 11.0 Å². The van der Waals surface area contributed by atoms with Crippen LogP contribution in [0.2, 0.25) is 0 Å². The van der Waals surface area contributed by atoms with Gasteiger partial charge < -0.3 is 9.84 Å². The molecule has 0 aliphatic rings. The molecule has 0 saturated carbocycles. The molecule has 0 spiro atoms. The van der Waals surface area contributed by atoms with Crippen LogP contribution in [-0.4, -0.2) is 16.1 Å². The summed E-state index contributed by atoms with van der Waals surface area (Å²) in [6.45, 7) is 0. The molecule has 3 rings (SSSR count). The Kier molecular flexibility index (Phi) is 3.85. The Bertz CT molecular complexity index is 895. The first-order valence-corrected chi connectivity index (χ1v) is 6.86. The molecule has 8 nitrogen and oxygen atoms in total. The molecule has 0 radical (unpaired) electrons. The van der Waals surface area contributed by atoms with E-state index in [4.69, 9.17) is 4.52 Å². The van der Waals surface area contributed by atoms with Gasteiger partial charge in [-0.2, -0.15) is 0 Å². The van der Waals surface area contributed by atoms with Crippen LogP contribution in [0, 0.1) is 10.1 Å². The lowest BCUT2D eigenvalue weighted by molar-refractivity contribution is -0.383. The Morgan fingerprint density at radius 2 is 1.91 bits per heavy atom. The number of nitrogens with zero attached hydrogens (tertiary/aromatic N) is 3. The Balaban J connectivity index is 1.88. The number of aromatic nitrogens is 1. The highest BCUT2D eigenvalue weighted by molar-refractivity contribution is 7.82. The summed E-state index contributed by atoms with van der Waals surface area (Å²) in [6.07, 6.45) is 0. The van der Waals surface area contributed by atoms with Gasteiger partial charge in [-0.05, 0) is 18.2 Å². The van der Waals surface area contributed by atoms with E-state index >= 15 is 0 Å². The average Bonchev–Trinajstić information content (AvgIpc) is 2.98. The first kappa shape index (κ1) is 14.9. The van der Waals surface area contributed by atoms with Crippen LogP contribution in [-0.2, 0) is 0 Å². The second-order valence-electron chi connectivity index (χ2n) is 4.52. The van der Waals surface area contributed by atoms with E-state index in [2.05, 4.69) is 23.3 Å². The van der Waals surface area contributed by atoms with E-state index in [1.54, 1.807) is 30.3 Å². The number of urea groups is 1. The van der Waals surface area contributed by atoms with Gasteiger partial charge >= 0.3 is 6.03 Å². The number of fused-ring (bicyclic) bond motifs is 1. The van der Waals surface area contributed by atoms with Crippen molar-refractivity contribution < 1.29 is 14.2 Å². The molecule has 1 aromatic heterocycles. The normalized spacial score (nSPS) is 10.5. The van der Waals surface area contributed by atoms with Crippen LogP contribution in [0.3, 0.4) is 0 Å². The molecular weight excluding hydrogens is 320 g/mol. The summed E-state index contributed by atoms with van der Waals surface area (Å²) < 4.78 is 6.04. The van der Waals surface area contributed by atoms with Gasteiger partial charge in [0.15, 0.2) is 11.4 Å². The number of nitrogens with one attached hydrogen (secondary N) is 1. The summed E-state index contributed by atoms with van der Waals surface area (Å²) in [7, 11) is 0. The van der Waals surface area contributed by atoms with Crippen molar-refractivity contribution in [3.63, 3.8) is 0 Å². The van der Waals surface area contributed by atoms with Crippen LogP contribution in [0.1, 0.15) is 0 Å². The van der Waals surface area contributed by atoms with Gasteiger partial charge in [0.2, 0.25) is 0 Å². The largest absolute Gasteiger partial charge is 0.354 e. The van der Waals surface area contributed by atoms with Crippen LogP contribution in [0.25, 0.3) is 11.0 Å². The van der Waals surface area contributed by atoms with Gasteiger partial charge in [0.05, 0.1) is 10.3 Å². The molecule has 0 fully saturated rings. The molecule has 0 unspecified atom stereocenters. The van der Waals surface area contributed by atoms with Gasteiger partial charge in [-0.1, -0.05) is 42.2 Å². The maximum absolute atomic E-state index is 12.3. The molecule has 3 aromatic rings. The molecule has 2 aromatic carbocycles. The molecule has 0 bridgehead atoms. The second-order valence-corrected chi connectivity index (χ2v) is 4.92. The predicted molar refractivity (Wildman–Crippen MR) is 87.6 cm³/mol. The van der Waals surface area contributed by atoms with Gasteiger partial charge in [0, 0.05) is 6.07 Å². The summed E-state index contributed by atoms with van der Waals surface area (Å²) in [5, 5.41) is 17.8. The maximum atomic E-state index is 12.3. The molecule has 0 saturated heterocycles. The standard InChI is InChI=1S/C14H10N4O4S/c19-14(15-10-6-2-3-7-11(10)18(20)21)17(23)13-9-5-1-4-8-12(9)22-16-13/h1-8,23H,(H,15,19). The minimum Gasteiger partial charge on any atom is -0.354 e. The number of nitro benzene ring substituents is 1. The third-order valence-corrected chi connectivity index (χ3v) is 3.46. The van der Waals surface area contributed by atoms with Crippen molar-refractivity contribution in [2.75, 3.05) is 9.62 Å². The number of amides is 2. The summed E-state index contributed by atoms with van der Waals surface area (Å²) in [5.74, 6) is 0.194. The van der Waals surface area contributed by atoms with Gasteiger partial charge in [-0.25, -0.2) is 9.10 Å². The van der Waals surface area contributed by atoms with Crippen LogP contribution < -0.4 is 9.62 Å². The summed E-state index contributed by atoms with van der Waals surface area (Å²) in [4.78, 5) is 22.7. The number of nitro groups is 1. The van der Waals surface area contributed by atoms with E-state index in [1.807, 2.05) is 0 Å². The molecule has 1 heterocycles. The van der Waals surface area contributed by atoms with Crippen molar-refractivity contribution in [1.82, 2.24) is 5.16 Å². The number of benzene rings is 2. The van der Waals surface area contributed by atoms with Crippen LogP contribution in [0.5, 0.6) is 0 Å². The summed E-state index contributed by atoms with van der Waals surface area (Å²) >= 11 is 4.10. The zero-order chi connectivity index (χ0) is 16.4. The molecule has 0 atom stereocenters. The number of thiol groups is 1. The molecule has 0 aliphatic carbocycles. The third-order valence-electron chi connectivity index (χ3n) is 3.09. The zero-order valence-electron chi connectivity index (χ0n) is 11.5. The lowest BCUT2D eigenvalue weighted by Crippen LogP contribution is -2.27. The molecule has 9 heteroatoms. The van der Waals surface area contributed by atoms with Gasteiger partial charge in [0.25, 0.3) is 5.69 Å². The van der Waals surface area contributed by atoms with Crippen molar-refractivity contribution in [1.29, 1.82) is 0 Å². The summed E-state index contributed by atoms with van der Waals surface area (Å²) in [5.41, 5.74) is 0.349. The van der Waals surface area contributed by atoms with Crippen molar-refractivity contribution in [2.24, 2.45) is 0 Å². The minimum absolute atomic E-state index is 0.0642.